The van der Waals surface area contributed by atoms with Crippen molar-refractivity contribution in [2.75, 3.05) is 27.4 Å². The summed E-state index contributed by atoms with van der Waals surface area (Å²) in [7, 11) is 3.12. The molecule has 0 radical (unpaired) electrons. The quantitative estimate of drug-likeness (QED) is 0.226. The molecule has 0 saturated heterocycles. The predicted molar refractivity (Wildman–Crippen MR) is 102 cm³/mol. The Morgan fingerprint density at radius 2 is 1.15 bits per heavy atom. The first-order chi connectivity index (χ1) is 13.0. The minimum atomic E-state index is 0.224. The third kappa shape index (κ3) is 5.27. The van der Waals surface area contributed by atoms with E-state index >= 15 is 0 Å². The molecule has 8 N–H and O–H groups in total. The van der Waals surface area contributed by atoms with Crippen molar-refractivity contribution >= 4 is 11.7 Å². The minimum Gasteiger partial charge on any atom is -0.493 e. The Kier molecular flexibility index (Phi) is 6.87. The van der Waals surface area contributed by atoms with Gasteiger partial charge >= 0.3 is 0 Å². The lowest BCUT2D eigenvalue weighted by atomic mass is 10.2. The number of ether oxygens (including phenoxy) is 4. The van der Waals surface area contributed by atoms with Crippen molar-refractivity contribution in [1.29, 1.82) is 0 Å². The first-order valence-corrected chi connectivity index (χ1v) is 8.34. The Bertz CT molecular complexity index is 756. The molecule has 2 aromatic rings. The van der Waals surface area contributed by atoms with E-state index in [0.29, 0.717) is 53.8 Å². The fourth-order valence-electron chi connectivity index (χ4n) is 2.36. The number of amidine groups is 2. The lowest BCUT2D eigenvalue weighted by molar-refractivity contribution is -0.115. The SMILES string of the molecule is COc1cc(C(N)=[NH2+])ccc1OCCCOc1ccc(C(N)=[NH2+])cc1OC. The average Bonchev–Trinajstić information content (AvgIpc) is 2.67. The zero-order chi connectivity index (χ0) is 19.8. The number of rotatable bonds is 10. The van der Waals surface area contributed by atoms with E-state index in [4.69, 9.17) is 41.2 Å². The molecule has 2 rings (SSSR count). The maximum Gasteiger partial charge on any atom is 0.270 e. The minimum absolute atomic E-state index is 0.224. The van der Waals surface area contributed by atoms with E-state index in [1.807, 2.05) is 0 Å². The van der Waals surface area contributed by atoms with E-state index in [-0.39, 0.29) is 11.7 Å². The summed E-state index contributed by atoms with van der Waals surface area (Å²) in [4.78, 5) is 0. The molecule has 0 aliphatic carbocycles. The van der Waals surface area contributed by atoms with E-state index in [9.17, 15) is 0 Å². The Morgan fingerprint density at radius 3 is 1.48 bits per heavy atom. The van der Waals surface area contributed by atoms with Gasteiger partial charge in [-0.2, -0.15) is 0 Å². The zero-order valence-corrected chi connectivity index (χ0v) is 15.5. The summed E-state index contributed by atoms with van der Waals surface area (Å²) >= 11 is 0. The second-order valence-corrected chi connectivity index (χ2v) is 5.69. The van der Waals surface area contributed by atoms with Gasteiger partial charge in [-0.05, 0) is 36.4 Å². The van der Waals surface area contributed by atoms with Crippen molar-refractivity contribution in [1.82, 2.24) is 0 Å². The molecule has 144 valence electrons. The highest BCUT2D eigenvalue weighted by molar-refractivity contribution is 5.93. The fraction of sp³-hybridized carbons (Fsp3) is 0.263. The van der Waals surface area contributed by atoms with E-state index in [2.05, 4.69) is 0 Å². The standard InChI is InChI=1S/C19H24N4O4/c1-24-16-10-12(18(20)21)4-6-14(16)26-8-3-9-27-15-7-5-13(19(22)23)11-17(15)25-2/h4-7,10-11H,3,8-9H2,1-2H3,(H3,20,21)(H3,22,23)/p+2. The molecule has 27 heavy (non-hydrogen) atoms. The molecule has 0 amide bonds. The van der Waals surface area contributed by atoms with Crippen LogP contribution in [-0.4, -0.2) is 39.1 Å². The van der Waals surface area contributed by atoms with Gasteiger partial charge in [0.05, 0.1) is 38.6 Å². The van der Waals surface area contributed by atoms with Crippen LogP contribution in [0.3, 0.4) is 0 Å². The van der Waals surface area contributed by atoms with Gasteiger partial charge in [0.1, 0.15) is 0 Å². The van der Waals surface area contributed by atoms with E-state index in [1.54, 1.807) is 50.6 Å². The topological polar surface area (TPSA) is 140 Å². The number of methoxy groups -OCH3 is 2. The third-order valence-corrected chi connectivity index (χ3v) is 3.80. The van der Waals surface area contributed by atoms with Crippen molar-refractivity contribution in [2.45, 2.75) is 6.42 Å². The van der Waals surface area contributed by atoms with Gasteiger partial charge in [0, 0.05) is 6.42 Å². The number of nitrogens with two attached hydrogens (primary N) is 4. The predicted octanol–water partition coefficient (Wildman–Crippen LogP) is -1.52. The molecular weight excluding hydrogens is 348 g/mol. The van der Waals surface area contributed by atoms with Gasteiger partial charge in [-0.1, -0.05) is 0 Å². The van der Waals surface area contributed by atoms with Gasteiger partial charge in [0.25, 0.3) is 11.7 Å². The smallest absolute Gasteiger partial charge is 0.270 e. The fourth-order valence-corrected chi connectivity index (χ4v) is 2.36. The Morgan fingerprint density at radius 1 is 0.741 bits per heavy atom. The van der Waals surface area contributed by atoms with Crippen LogP contribution < -0.4 is 41.2 Å². The van der Waals surface area contributed by atoms with E-state index < -0.39 is 0 Å². The maximum atomic E-state index is 5.74. The normalized spacial score (nSPS) is 10.1. The van der Waals surface area contributed by atoms with Crippen LogP contribution in [0.15, 0.2) is 36.4 Å². The van der Waals surface area contributed by atoms with Gasteiger partial charge in [-0.15, -0.1) is 0 Å². The monoisotopic (exact) mass is 374 g/mol. The first-order valence-electron chi connectivity index (χ1n) is 8.34. The molecule has 8 nitrogen and oxygen atoms in total. The van der Waals surface area contributed by atoms with Crippen molar-refractivity contribution in [3.05, 3.63) is 47.5 Å². The van der Waals surface area contributed by atoms with Gasteiger partial charge in [-0.3, -0.25) is 22.3 Å². The highest BCUT2D eigenvalue weighted by Gasteiger charge is 2.11. The maximum absolute atomic E-state index is 5.74. The lowest BCUT2D eigenvalue weighted by Gasteiger charge is -2.13. The van der Waals surface area contributed by atoms with Crippen LogP contribution >= 0.6 is 0 Å². The number of benzene rings is 2. The van der Waals surface area contributed by atoms with Gasteiger partial charge in [0.15, 0.2) is 23.0 Å². The summed E-state index contributed by atoms with van der Waals surface area (Å²) < 4.78 is 22.1. The molecule has 0 saturated carbocycles. The molecular formula is C19H26N4O4+2. The summed E-state index contributed by atoms with van der Waals surface area (Å²) in [5.41, 5.74) is 12.6. The molecule has 8 heteroatoms. The van der Waals surface area contributed by atoms with Crippen molar-refractivity contribution in [3.63, 3.8) is 0 Å². The molecule has 0 atom stereocenters. The molecule has 0 bridgehead atoms. The summed E-state index contributed by atoms with van der Waals surface area (Å²) in [6.07, 6.45) is 0.659. The lowest BCUT2D eigenvalue weighted by Crippen LogP contribution is -2.46. The Balaban J connectivity index is 1.87. The molecule has 0 aromatic heterocycles. The summed E-state index contributed by atoms with van der Waals surface area (Å²) in [6.45, 7) is 0.892. The van der Waals surface area contributed by atoms with E-state index in [0.717, 1.165) is 0 Å². The Labute approximate surface area is 158 Å². The summed E-state index contributed by atoms with van der Waals surface area (Å²) in [5.74, 6) is 2.80. The highest BCUT2D eigenvalue weighted by atomic mass is 16.5. The van der Waals surface area contributed by atoms with Crippen molar-refractivity contribution in [2.24, 2.45) is 11.5 Å². The van der Waals surface area contributed by atoms with Crippen molar-refractivity contribution in [3.8, 4) is 23.0 Å². The van der Waals surface area contributed by atoms with Gasteiger partial charge < -0.3 is 18.9 Å². The van der Waals surface area contributed by atoms with Crippen LogP contribution in [0.25, 0.3) is 0 Å². The van der Waals surface area contributed by atoms with Crippen LogP contribution in [0.5, 0.6) is 23.0 Å². The highest BCUT2D eigenvalue weighted by Crippen LogP contribution is 2.29. The average molecular weight is 374 g/mol. The zero-order valence-electron chi connectivity index (χ0n) is 15.5. The van der Waals surface area contributed by atoms with E-state index in [1.165, 1.54) is 0 Å². The van der Waals surface area contributed by atoms with Crippen LogP contribution in [0.1, 0.15) is 17.5 Å². The van der Waals surface area contributed by atoms with Crippen LogP contribution in [0.4, 0.5) is 0 Å². The Hall–Kier alpha value is -3.42. The first kappa shape index (κ1) is 19.9. The van der Waals surface area contributed by atoms with Crippen molar-refractivity contribution < 1.29 is 29.8 Å². The molecule has 0 aliphatic rings. The molecule has 0 fully saturated rings. The molecule has 0 heterocycles. The summed E-state index contributed by atoms with van der Waals surface area (Å²) in [6, 6.07) is 10.5. The second-order valence-electron chi connectivity index (χ2n) is 5.69. The summed E-state index contributed by atoms with van der Waals surface area (Å²) in [5, 5.41) is 11.2. The largest absolute Gasteiger partial charge is 0.493 e. The molecule has 0 aliphatic heterocycles. The van der Waals surface area contributed by atoms with Crippen LogP contribution in [0.2, 0.25) is 0 Å². The molecule has 0 spiro atoms. The molecule has 0 unspecified atom stereocenters. The molecule has 2 aromatic carbocycles. The number of hydrogen-bond acceptors (Lipinski definition) is 4. The third-order valence-electron chi connectivity index (χ3n) is 3.80. The van der Waals surface area contributed by atoms with Crippen LogP contribution in [-0.2, 0) is 0 Å². The number of hydrogen-bond donors (Lipinski definition) is 4. The second kappa shape index (κ2) is 9.33. The van der Waals surface area contributed by atoms with Crippen LogP contribution in [0, 0.1) is 0 Å². The van der Waals surface area contributed by atoms with Gasteiger partial charge in [0.2, 0.25) is 0 Å². The van der Waals surface area contributed by atoms with Gasteiger partial charge in [-0.25, -0.2) is 0 Å².